The zero-order chi connectivity index (χ0) is 15.9. The summed E-state index contributed by atoms with van der Waals surface area (Å²) < 4.78 is 0. The molecule has 3 unspecified atom stereocenters. The summed E-state index contributed by atoms with van der Waals surface area (Å²) in [5.74, 6) is 0.144. The second-order valence-electron chi connectivity index (χ2n) is 6.61. The molecule has 1 aliphatic heterocycles. The SMILES string of the molecule is CC(N)CCC(=O)NC1CCN(Cc2ccccc2)C(C)C1.Cl.Cl. The first-order valence-corrected chi connectivity index (χ1v) is 8.37. The zero-order valence-electron chi connectivity index (χ0n) is 14.6. The van der Waals surface area contributed by atoms with Crippen LogP contribution in [0.1, 0.15) is 45.1 Å². The maximum atomic E-state index is 11.9. The highest BCUT2D eigenvalue weighted by molar-refractivity contribution is 5.85. The minimum atomic E-state index is 0. The average Bonchev–Trinajstić information content (AvgIpc) is 2.49. The van der Waals surface area contributed by atoms with Crippen LogP contribution < -0.4 is 11.1 Å². The number of carbonyl (C=O) groups is 1. The Morgan fingerprint density at radius 2 is 2.00 bits per heavy atom. The number of benzene rings is 1. The van der Waals surface area contributed by atoms with E-state index in [4.69, 9.17) is 5.73 Å². The van der Waals surface area contributed by atoms with E-state index < -0.39 is 0 Å². The molecule has 0 aliphatic carbocycles. The molecule has 1 fully saturated rings. The molecule has 24 heavy (non-hydrogen) atoms. The van der Waals surface area contributed by atoms with Crippen molar-refractivity contribution in [1.82, 2.24) is 10.2 Å². The van der Waals surface area contributed by atoms with Gasteiger partial charge in [0.15, 0.2) is 0 Å². The molecule has 4 nitrogen and oxygen atoms in total. The lowest BCUT2D eigenvalue weighted by Gasteiger charge is -2.38. The minimum absolute atomic E-state index is 0. The molecule has 0 saturated carbocycles. The molecule has 1 aromatic rings. The monoisotopic (exact) mass is 375 g/mol. The van der Waals surface area contributed by atoms with Gasteiger partial charge in [-0.25, -0.2) is 0 Å². The van der Waals surface area contributed by atoms with Gasteiger partial charge in [0.1, 0.15) is 0 Å². The number of nitrogens with two attached hydrogens (primary N) is 1. The van der Waals surface area contributed by atoms with Gasteiger partial charge in [0.25, 0.3) is 0 Å². The average molecular weight is 376 g/mol. The van der Waals surface area contributed by atoms with E-state index in [1.807, 2.05) is 6.92 Å². The number of piperidine rings is 1. The van der Waals surface area contributed by atoms with Crippen molar-refractivity contribution >= 4 is 30.7 Å². The Morgan fingerprint density at radius 3 is 2.58 bits per heavy atom. The fourth-order valence-corrected chi connectivity index (χ4v) is 3.06. The number of amides is 1. The molecule has 0 bridgehead atoms. The van der Waals surface area contributed by atoms with Crippen molar-refractivity contribution in [1.29, 1.82) is 0 Å². The molecular formula is C18H31Cl2N3O. The number of likely N-dealkylation sites (tertiary alicyclic amines) is 1. The highest BCUT2D eigenvalue weighted by Crippen LogP contribution is 2.20. The van der Waals surface area contributed by atoms with E-state index in [1.165, 1.54) is 5.56 Å². The second-order valence-corrected chi connectivity index (χ2v) is 6.61. The van der Waals surface area contributed by atoms with Crippen molar-refractivity contribution in [3.63, 3.8) is 0 Å². The molecule has 1 amide bonds. The quantitative estimate of drug-likeness (QED) is 0.802. The van der Waals surface area contributed by atoms with Crippen molar-refractivity contribution in [2.45, 2.75) is 64.2 Å². The summed E-state index contributed by atoms with van der Waals surface area (Å²) in [5, 5.41) is 3.17. The summed E-state index contributed by atoms with van der Waals surface area (Å²) in [7, 11) is 0. The standard InChI is InChI=1S/C18H29N3O.2ClH/c1-14(19)8-9-18(22)20-17-10-11-21(15(2)12-17)13-16-6-4-3-5-7-16;;/h3-7,14-15,17H,8-13,19H2,1-2H3,(H,20,22);2*1H. The summed E-state index contributed by atoms with van der Waals surface area (Å²) in [4.78, 5) is 14.4. The van der Waals surface area contributed by atoms with Gasteiger partial charge >= 0.3 is 0 Å². The van der Waals surface area contributed by atoms with Gasteiger partial charge in [-0.05, 0) is 38.7 Å². The first-order valence-electron chi connectivity index (χ1n) is 8.37. The van der Waals surface area contributed by atoms with E-state index in [-0.39, 0.29) is 36.8 Å². The molecule has 1 heterocycles. The molecule has 1 saturated heterocycles. The van der Waals surface area contributed by atoms with Crippen molar-refractivity contribution in [3.8, 4) is 0 Å². The third-order valence-electron chi connectivity index (χ3n) is 4.43. The summed E-state index contributed by atoms with van der Waals surface area (Å²) >= 11 is 0. The molecular weight excluding hydrogens is 345 g/mol. The van der Waals surface area contributed by atoms with Crippen molar-refractivity contribution in [3.05, 3.63) is 35.9 Å². The van der Waals surface area contributed by atoms with Crippen LogP contribution in [0.2, 0.25) is 0 Å². The summed E-state index contributed by atoms with van der Waals surface area (Å²) in [6, 6.07) is 11.5. The lowest BCUT2D eigenvalue weighted by atomic mass is 9.97. The maximum absolute atomic E-state index is 11.9. The number of hydrogen-bond donors (Lipinski definition) is 2. The number of carbonyl (C=O) groups excluding carboxylic acids is 1. The van der Waals surface area contributed by atoms with Crippen LogP contribution in [-0.2, 0) is 11.3 Å². The van der Waals surface area contributed by atoms with Gasteiger partial charge in [0, 0.05) is 37.6 Å². The van der Waals surface area contributed by atoms with Gasteiger partial charge in [-0.15, -0.1) is 24.8 Å². The smallest absolute Gasteiger partial charge is 0.220 e. The largest absolute Gasteiger partial charge is 0.353 e. The number of nitrogens with zero attached hydrogens (tertiary/aromatic N) is 1. The van der Waals surface area contributed by atoms with E-state index >= 15 is 0 Å². The van der Waals surface area contributed by atoms with Gasteiger partial charge in [0.05, 0.1) is 0 Å². The lowest BCUT2D eigenvalue weighted by Crippen LogP contribution is -2.48. The van der Waals surface area contributed by atoms with Crippen LogP contribution in [0.5, 0.6) is 0 Å². The molecule has 3 atom stereocenters. The summed E-state index contributed by atoms with van der Waals surface area (Å²) in [6.45, 7) is 6.22. The fourth-order valence-electron chi connectivity index (χ4n) is 3.06. The molecule has 0 aromatic heterocycles. The molecule has 2 rings (SSSR count). The van der Waals surface area contributed by atoms with Crippen molar-refractivity contribution < 1.29 is 4.79 Å². The van der Waals surface area contributed by atoms with Crippen LogP contribution >= 0.6 is 24.8 Å². The Bertz CT molecular complexity index is 471. The van der Waals surface area contributed by atoms with Crippen molar-refractivity contribution in [2.24, 2.45) is 5.73 Å². The molecule has 0 radical (unpaired) electrons. The lowest BCUT2D eigenvalue weighted by molar-refractivity contribution is -0.122. The predicted octanol–water partition coefficient (Wildman–Crippen LogP) is 3.13. The number of nitrogens with one attached hydrogen (secondary N) is 1. The minimum Gasteiger partial charge on any atom is -0.353 e. The Balaban J connectivity index is 0.00000264. The zero-order valence-corrected chi connectivity index (χ0v) is 16.2. The Labute approximate surface area is 158 Å². The van der Waals surface area contributed by atoms with Gasteiger partial charge in [-0.3, -0.25) is 9.69 Å². The number of halogens is 2. The number of hydrogen-bond acceptors (Lipinski definition) is 3. The fraction of sp³-hybridized carbons (Fsp3) is 0.611. The van der Waals surface area contributed by atoms with Crippen LogP contribution in [0, 0.1) is 0 Å². The first kappa shape index (κ1) is 23.2. The second kappa shape index (κ2) is 11.7. The summed E-state index contributed by atoms with van der Waals surface area (Å²) in [6.07, 6.45) is 3.35. The number of rotatable bonds is 6. The van der Waals surface area contributed by atoms with E-state index in [1.54, 1.807) is 0 Å². The normalized spacial score (nSPS) is 22.0. The van der Waals surface area contributed by atoms with E-state index in [0.29, 0.717) is 18.5 Å². The van der Waals surface area contributed by atoms with Crippen LogP contribution in [0.15, 0.2) is 30.3 Å². The highest BCUT2D eigenvalue weighted by atomic mass is 35.5. The van der Waals surface area contributed by atoms with Crippen LogP contribution in [0.3, 0.4) is 0 Å². The third-order valence-corrected chi connectivity index (χ3v) is 4.43. The Hall–Kier alpha value is -0.810. The van der Waals surface area contributed by atoms with E-state index in [0.717, 1.165) is 32.4 Å². The predicted molar refractivity (Wildman–Crippen MR) is 105 cm³/mol. The van der Waals surface area contributed by atoms with E-state index in [2.05, 4.69) is 47.5 Å². The van der Waals surface area contributed by atoms with Crippen molar-refractivity contribution in [2.75, 3.05) is 6.54 Å². The maximum Gasteiger partial charge on any atom is 0.220 e. The molecule has 138 valence electrons. The Morgan fingerprint density at radius 1 is 1.33 bits per heavy atom. The van der Waals surface area contributed by atoms with Crippen LogP contribution in [0.4, 0.5) is 0 Å². The Kier molecular flexibility index (Phi) is 11.3. The molecule has 1 aromatic carbocycles. The molecule has 0 spiro atoms. The van der Waals surface area contributed by atoms with Crippen LogP contribution in [-0.4, -0.2) is 35.5 Å². The van der Waals surface area contributed by atoms with Gasteiger partial charge < -0.3 is 11.1 Å². The molecule has 1 aliphatic rings. The molecule has 3 N–H and O–H groups in total. The van der Waals surface area contributed by atoms with Crippen LogP contribution in [0.25, 0.3) is 0 Å². The van der Waals surface area contributed by atoms with Gasteiger partial charge in [0.2, 0.25) is 5.91 Å². The van der Waals surface area contributed by atoms with Gasteiger partial charge in [-0.2, -0.15) is 0 Å². The van der Waals surface area contributed by atoms with E-state index in [9.17, 15) is 4.79 Å². The topological polar surface area (TPSA) is 58.4 Å². The highest BCUT2D eigenvalue weighted by Gasteiger charge is 2.26. The molecule has 6 heteroatoms. The third kappa shape index (κ3) is 7.84. The van der Waals surface area contributed by atoms with Gasteiger partial charge in [-0.1, -0.05) is 30.3 Å². The first-order chi connectivity index (χ1) is 10.5. The summed E-state index contributed by atoms with van der Waals surface area (Å²) in [5.41, 5.74) is 7.06.